The number of aromatic nitrogens is 2. The van der Waals surface area contributed by atoms with E-state index in [1.165, 1.54) is 0 Å². The molecule has 1 rings (SSSR count). The van der Waals surface area contributed by atoms with E-state index >= 15 is 0 Å². The van der Waals surface area contributed by atoms with Crippen LogP contribution in [0.15, 0.2) is 12.8 Å². The molecule has 0 aliphatic rings. The Labute approximate surface area is 109 Å². The van der Waals surface area contributed by atoms with Gasteiger partial charge in [0.1, 0.15) is 6.10 Å². The van der Waals surface area contributed by atoms with Crippen LogP contribution in [0.1, 0.15) is 26.6 Å². The highest BCUT2D eigenvalue weighted by Crippen LogP contribution is 2.21. The average molecular weight is 334 g/mol. The lowest BCUT2D eigenvalue weighted by Crippen LogP contribution is -2.38. The third-order valence-electron chi connectivity index (χ3n) is 2.20. The zero-order chi connectivity index (χ0) is 12.3. The summed E-state index contributed by atoms with van der Waals surface area (Å²) >= 11 is 2.09. The molecule has 0 bridgehead atoms. The van der Waals surface area contributed by atoms with Crippen molar-refractivity contribution in [2.45, 2.75) is 32.5 Å². The Morgan fingerprint density at radius 1 is 1.62 bits per heavy atom. The van der Waals surface area contributed by atoms with Crippen molar-refractivity contribution in [1.29, 1.82) is 0 Å². The van der Waals surface area contributed by atoms with Gasteiger partial charge in [-0.3, -0.25) is 0 Å². The van der Waals surface area contributed by atoms with Crippen LogP contribution in [0, 0.1) is 3.57 Å². The van der Waals surface area contributed by atoms with E-state index in [1.807, 2.05) is 0 Å². The summed E-state index contributed by atoms with van der Waals surface area (Å²) in [7, 11) is 0. The third-order valence-corrected chi connectivity index (χ3v) is 2.94. The van der Waals surface area contributed by atoms with Crippen molar-refractivity contribution in [2.75, 3.05) is 0 Å². The number of rotatable bonds is 4. The van der Waals surface area contributed by atoms with Crippen LogP contribution in [-0.4, -0.2) is 26.8 Å². The van der Waals surface area contributed by atoms with Gasteiger partial charge in [-0.2, -0.15) is 4.98 Å². The highest BCUT2D eigenvalue weighted by molar-refractivity contribution is 14.1. The van der Waals surface area contributed by atoms with Gasteiger partial charge in [0, 0.05) is 6.20 Å². The van der Waals surface area contributed by atoms with Crippen LogP contribution in [0.3, 0.4) is 0 Å². The second-order valence-corrected chi connectivity index (χ2v) is 5.16. The minimum Gasteiger partial charge on any atom is -0.471 e. The standard InChI is InChI=1S/C11H15IN2O2/c1-5-9-13-6-8(12)10(14-9)16-7(2)11(3,4)15/h5-7,15H,1H2,2-4H3/t7-/m1/s1. The summed E-state index contributed by atoms with van der Waals surface area (Å²) in [4.78, 5) is 8.22. The molecule has 0 unspecified atom stereocenters. The lowest BCUT2D eigenvalue weighted by atomic mass is 10.0. The second-order valence-electron chi connectivity index (χ2n) is 4.00. The van der Waals surface area contributed by atoms with Crippen LogP contribution in [0.5, 0.6) is 5.88 Å². The van der Waals surface area contributed by atoms with Gasteiger partial charge in [-0.05, 0) is 49.4 Å². The summed E-state index contributed by atoms with van der Waals surface area (Å²) in [5.74, 6) is 0.985. The molecule has 0 aliphatic heterocycles. The maximum Gasteiger partial charge on any atom is 0.231 e. The smallest absolute Gasteiger partial charge is 0.231 e. The Hall–Kier alpha value is -0.690. The topological polar surface area (TPSA) is 55.2 Å². The Kier molecular flexibility index (Phi) is 4.26. The van der Waals surface area contributed by atoms with Crippen molar-refractivity contribution in [3.63, 3.8) is 0 Å². The van der Waals surface area contributed by atoms with Gasteiger partial charge in [-0.1, -0.05) is 6.58 Å². The molecule has 0 saturated heterocycles. The molecular weight excluding hydrogens is 319 g/mol. The number of hydrogen-bond donors (Lipinski definition) is 1. The van der Waals surface area contributed by atoms with Gasteiger partial charge in [-0.25, -0.2) is 4.98 Å². The Morgan fingerprint density at radius 2 is 2.25 bits per heavy atom. The van der Waals surface area contributed by atoms with Gasteiger partial charge in [0.25, 0.3) is 0 Å². The summed E-state index contributed by atoms with van der Waals surface area (Å²) in [6.45, 7) is 8.78. The van der Waals surface area contributed by atoms with E-state index in [0.717, 1.165) is 3.57 Å². The van der Waals surface area contributed by atoms with Crippen molar-refractivity contribution in [3.8, 4) is 5.88 Å². The molecule has 0 spiro atoms. The molecule has 1 N–H and O–H groups in total. The minimum absolute atomic E-state index is 0.353. The predicted molar refractivity (Wildman–Crippen MR) is 71.2 cm³/mol. The first-order valence-corrected chi connectivity index (χ1v) is 5.96. The summed E-state index contributed by atoms with van der Waals surface area (Å²) in [5, 5.41) is 9.77. The van der Waals surface area contributed by atoms with E-state index in [0.29, 0.717) is 11.7 Å². The minimum atomic E-state index is -0.914. The largest absolute Gasteiger partial charge is 0.471 e. The maximum absolute atomic E-state index is 9.77. The van der Waals surface area contributed by atoms with Gasteiger partial charge in [0.15, 0.2) is 5.82 Å². The number of aliphatic hydroxyl groups is 1. The van der Waals surface area contributed by atoms with Gasteiger partial charge >= 0.3 is 0 Å². The molecule has 1 aromatic heterocycles. The van der Waals surface area contributed by atoms with Crippen molar-refractivity contribution < 1.29 is 9.84 Å². The summed E-state index contributed by atoms with van der Waals surface area (Å²) < 4.78 is 6.40. The molecule has 0 radical (unpaired) electrons. The fourth-order valence-electron chi connectivity index (χ4n) is 0.857. The van der Waals surface area contributed by atoms with Gasteiger partial charge in [0.05, 0.1) is 9.17 Å². The molecule has 0 fully saturated rings. The molecule has 88 valence electrons. The monoisotopic (exact) mass is 334 g/mol. The first-order valence-electron chi connectivity index (χ1n) is 4.88. The van der Waals surface area contributed by atoms with Crippen LogP contribution >= 0.6 is 22.6 Å². The van der Waals surface area contributed by atoms with E-state index < -0.39 is 5.60 Å². The number of halogens is 1. The molecule has 4 nitrogen and oxygen atoms in total. The molecule has 1 aromatic rings. The summed E-state index contributed by atoms with van der Waals surface area (Å²) in [5.41, 5.74) is -0.914. The molecule has 1 atom stereocenters. The van der Waals surface area contributed by atoms with E-state index in [4.69, 9.17) is 4.74 Å². The SMILES string of the molecule is C=Cc1ncc(I)c(O[C@H](C)C(C)(C)O)n1. The maximum atomic E-state index is 9.77. The van der Waals surface area contributed by atoms with Crippen molar-refractivity contribution in [2.24, 2.45) is 0 Å². The molecule has 5 heteroatoms. The molecule has 16 heavy (non-hydrogen) atoms. The van der Waals surface area contributed by atoms with E-state index in [1.54, 1.807) is 33.0 Å². The normalized spacial score (nSPS) is 13.3. The van der Waals surface area contributed by atoms with Crippen molar-refractivity contribution >= 4 is 28.7 Å². The summed E-state index contributed by atoms with van der Waals surface area (Å²) in [6, 6.07) is 0. The van der Waals surface area contributed by atoms with Gasteiger partial charge in [0.2, 0.25) is 5.88 Å². The first-order chi connectivity index (χ1) is 7.34. The molecule has 0 aliphatic carbocycles. The molecule has 1 heterocycles. The Bertz CT molecular complexity index is 388. The van der Waals surface area contributed by atoms with Crippen molar-refractivity contribution in [1.82, 2.24) is 9.97 Å². The zero-order valence-corrected chi connectivity index (χ0v) is 11.7. The van der Waals surface area contributed by atoms with Crippen LogP contribution in [0.4, 0.5) is 0 Å². The molecule has 0 saturated carbocycles. The number of hydrogen-bond acceptors (Lipinski definition) is 4. The summed E-state index contributed by atoms with van der Waals surface area (Å²) in [6.07, 6.45) is 2.86. The van der Waals surface area contributed by atoms with E-state index in [-0.39, 0.29) is 6.10 Å². The molecule has 0 aromatic carbocycles. The second kappa shape index (κ2) is 5.09. The first kappa shape index (κ1) is 13.4. The van der Waals surface area contributed by atoms with Gasteiger partial charge in [-0.15, -0.1) is 0 Å². The zero-order valence-electron chi connectivity index (χ0n) is 9.57. The fourth-order valence-corrected chi connectivity index (χ4v) is 1.24. The predicted octanol–water partition coefficient (Wildman–Crippen LogP) is 2.26. The molecule has 0 amide bonds. The lowest BCUT2D eigenvalue weighted by molar-refractivity contribution is -0.0264. The van der Waals surface area contributed by atoms with Crippen LogP contribution < -0.4 is 4.74 Å². The Morgan fingerprint density at radius 3 is 2.75 bits per heavy atom. The third kappa shape index (κ3) is 3.41. The quantitative estimate of drug-likeness (QED) is 0.859. The van der Waals surface area contributed by atoms with E-state index in [2.05, 4.69) is 39.1 Å². The number of ether oxygens (including phenoxy) is 1. The number of nitrogens with zero attached hydrogens (tertiary/aromatic N) is 2. The average Bonchev–Trinajstić information content (AvgIpc) is 2.19. The van der Waals surface area contributed by atoms with Gasteiger partial charge < -0.3 is 9.84 Å². The highest BCUT2D eigenvalue weighted by Gasteiger charge is 2.25. The lowest BCUT2D eigenvalue weighted by Gasteiger charge is -2.26. The van der Waals surface area contributed by atoms with Crippen LogP contribution in [0.2, 0.25) is 0 Å². The van der Waals surface area contributed by atoms with Crippen LogP contribution in [-0.2, 0) is 0 Å². The van der Waals surface area contributed by atoms with Crippen LogP contribution in [0.25, 0.3) is 6.08 Å². The fraction of sp³-hybridized carbons (Fsp3) is 0.455. The molecular formula is C11H15IN2O2. The van der Waals surface area contributed by atoms with E-state index in [9.17, 15) is 5.11 Å². The van der Waals surface area contributed by atoms with Crippen molar-refractivity contribution in [3.05, 3.63) is 22.2 Å². The highest BCUT2D eigenvalue weighted by atomic mass is 127. The Balaban J connectivity index is 2.92.